The SMILES string of the molecule is CCC(C)C(N)C(=O)NC(CCCCN)C(=O)NC(C)C(=O)NC(Cc1ccc(O)cc1)C(=O)O. The number of aliphatic carboxylic acids is 1. The fraction of sp³-hybridized carbons (Fsp3) is 0.583. The Balaban J connectivity index is 2.80. The third-order valence-electron chi connectivity index (χ3n) is 5.88. The molecule has 0 radical (unpaired) electrons. The second-order valence-corrected chi connectivity index (χ2v) is 8.76. The number of carbonyl (C=O) groups is 4. The van der Waals surface area contributed by atoms with Crippen molar-refractivity contribution in [2.24, 2.45) is 17.4 Å². The summed E-state index contributed by atoms with van der Waals surface area (Å²) in [5, 5.41) is 26.5. The number of hydrogen-bond acceptors (Lipinski definition) is 7. The van der Waals surface area contributed by atoms with Crippen molar-refractivity contribution in [1.82, 2.24) is 16.0 Å². The van der Waals surface area contributed by atoms with Gasteiger partial charge in [-0.2, -0.15) is 0 Å². The quantitative estimate of drug-likeness (QED) is 0.166. The third-order valence-corrected chi connectivity index (χ3v) is 5.88. The molecule has 0 aromatic heterocycles. The zero-order valence-electron chi connectivity index (χ0n) is 20.6. The molecule has 196 valence electrons. The zero-order chi connectivity index (χ0) is 26.5. The average Bonchev–Trinajstić information content (AvgIpc) is 2.82. The number of nitrogens with one attached hydrogen (secondary N) is 3. The highest BCUT2D eigenvalue weighted by Crippen LogP contribution is 2.12. The number of carbonyl (C=O) groups excluding carboxylic acids is 3. The van der Waals surface area contributed by atoms with E-state index in [1.165, 1.54) is 19.1 Å². The van der Waals surface area contributed by atoms with Crippen LogP contribution in [-0.4, -0.2) is 64.6 Å². The van der Waals surface area contributed by atoms with Gasteiger partial charge in [-0.05, 0) is 56.3 Å². The van der Waals surface area contributed by atoms with Crippen molar-refractivity contribution >= 4 is 23.7 Å². The second-order valence-electron chi connectivity index (χ2n) is 8.76. The van der Waals surface area contributed by atoms with Gasteiger partial charge < -0.3 is 37.6 Å². The molecule has 0 saturated heterocycles. The van der Waals surface area contributed by atoms with Crippen LogP contribution in [0.1, 0.15) is 52.0 Å². The Hall–Kier alpha value is -3.18. The summed E-state index contributed by atoms with van der Waals surface area (Å²) >= 11 is 0. The summed E-state index contributed by atoms with van der Waals surface area (Å²) in [6, 6.07) is 1.98. The highest BCUT2D eigenvalue weighted by atomic mass is 16.4. The average molecular weight is 494 g/mol. The first kappa shape index (κ1) is 29.9. The van der Waals surface area contributed by atoms with Crippen molar-refractivity contribution in [3.63, 3.8) is 0 Å². The van der Waals surface area contributed by atoms with Crippen LogP contribution in [0, 0.1) is 5.92 Å². The fourth-order valence-electron chi connectivity index (χ4n) is 3.29. The van der Waals surface area contributed by atoms with Crippen LogP contribution >= 0.6 is 0 Å². The van der Waals surface area contributed by atoms with Gasteiger partial charge in [0, 0.05) is 6.42 Å². The smallest absolute Gasteiger partial charge is 0.326 e. The largest absolute Gasteiger partial charge is 0.508 e. The number of rotatable bonds is 15. The Morgan fingerprint density at radius 2 is 1.51 bits per heavy atom. The monoisotopic (exact) mass is 493 g/mol. The Morgan fingerprint density at radius 1 is 0.914 bits per heavy atom. The van der Waals surface area contributed by atoms with Crippen molar-refractivity contribution in [1.29, 1.82) is 0 Å². The first-order chi connectivity index (χ1) is 16.5. The van der Waals surface area contributed by atoms with Gasteiger partial charge in [0.05, 0.1) is 6.04 Å². The van der Waals surface area contributed by atoms with E-state index in [-0.39, 0.29) is 18.1 Å². The molecule has 0 aliphatic rings. The molecule has 1 aromatic carbocycles. The first-order valence-electron chi connectivity index (χ1n) is 11.9. The summed E-state index contributed by atoms with van der Waals surface area (Å²) in [6.07, 6.45) is 2.25. The summed E-state index contributed by atoms with van der Waals surface area (Å²) in [4.78, 5) is 49.7. The number of aromatic hydroxyl groups is 1. The number of unbranched alkanes of at least 4 members (excludes halogenated alkanes) is 1. The normalized spacial score (nSPS) is 15.2. The predicted octanol–water partition coefficient (Wildman–Crippen LogP) is -0.00400. The van der Waals surface area contributed by atoms with Crippen LogP contribution in [0.25, 0.3) is 0 Å². The molecule has 5 atom stereocenters. The highest BCUT2D eigenvalue weighted by Gasteiger charge is 2.29. The molecule has 5 unspecified atom stereocenters. The van der Waals surface area contributed by atoms with Gasteiger partial charge in [-0.3, -0.25) is 14.4 Å². The topological polar surface area (TPSA) is 197 Å². The standard InChI is InChI=1S/C24H39N5O6/c1-4-14(2)20(26)23(33)28-18(7-5-6-12-25)22(32)27-15(3)21(31)29-19(24(34)35)13-16-8-10-17(30)11-9-16/h8-11,14-15,18-20,30H,4-7,12-13,25-26H2,1-3H3,(H,27,32)(H,28,33)(H,29,31)(H,34,35). The van der Waals surface area contributed by atoms with Crippen LogP contribution in [0.4, 0.5) is 0 Å². The van der Waals surface area contributed by atoms with Crippen LogP contribution < -0.4 is 27.4 Å². The summed E-state index contributed by atoms with van der Waals surface area (Å²) in [5.41, 5.74) is 12.1. The Kier molecular flexibility index (Phi) is 12.7. The zero-order valence-corrected chi connectivity index (χ0v) is 20.6. The minimum Gasteiger partial charge on any atom is -0.508 e. The minimum atomic E-state index is -1.24. The van der Waals surface area contributed by atoms with E-state index < -0.39 is 47.9 Å². The molecule has 0 bridgehead atoms. The number of nitrogens with two attached hydrogens (primary N) is 2. The molecule has 0 spiro atoms. The van der Waals surface area contributed by atoms with Gasteiger partial charge in [-0.15, -0.1) is 0 Å². The van der Waals surface area contributed by atoms with Crippen molar-refractivity contribution in [3.8, 4) is 5.75 Å². The van der Waals surface area contributed by atoms with Gasteiger partial charge in [0.25, 0.3) is 0 Å². The van der Waals surface area contributed by atoms with Crippen molar-refractivity contribution in [3.05, 3.63) is 29.8 Å². The molecular formula is C24H39N5O6. The number of carboxylic acids is 1. The van der Waals surface area contributed by atoms with Gasteiger partial charge in [0.1, 0.15) is 23.9 Å². The number of carboxylic acid groups (broad SMARTS) is 1. The lowest BCUT2D eigenvalue weighted by Crippen LogP contribution is -2.57. The van der Waals surface area contributed by atoms with Crippen LogP contribution in [0.5, 0.6) is 5.75 Å². The lowest BCUT2D eigenvalue weighted by atomic mass is 9.98. The molecule has 0 heterocycles. The molecule has 0 aliphatic carbocycles. The van der Waals surface area contributed by atoms with E-state index in [9.17, 15) is 29.4 Å². The van der Waals surface area contributed by atoms with Gasteiger partial charge in [-0.25, -0.2) is 4.79 Å². The van der Waals surface area contributed by atoms with Crippen LogP contribution in [0.15, 0.2) is 24.3 Å². The van der Waals surface area contributed by atoms with Gasteiger partial charge >= 0.3 is 5.97 Å². The summed E-state index contributed by atoms with van der Waals surface area (Å²) in [7, 11) is 0. The summed E-state index contributed by atoms with van der Waals surface area (Å²) < 4.78 is 0. The molecule has 0 fully saturated rings. The van der Waals surface area contributed by atoms with Gasteiger partial charge in [0.15, 0.2) is 0 Å². The van der Waals surface area contributed by atoms with E-state index >= 15 is 0 Å². The van der Waals surface area contributed by atoms with E-state index in [0.29, 0.717) is 37.8 Å². The Labute approximate surface area is 206 Å². The van der Waals surface area contributed by atoms with Gasteiger partial charge in [0.2, 0.25) is 17.7 Å². The maximum Gasteiger partial charge on any atom is 0.326 e. The first-order valence-corrected chi connectivity index (χ1v) is 11.9. The van der Waals surface area contributed by atoms with Crippen molar-refractivity contribution in [2.75, 3.05) is 6.54 Å². The highest BCUT2D eigenvalue weighted by molar-refractivity contribution is 5.94. The molecule has 35 heavy (non-hydrogen) atoms. The summed E-state index contributed by atoms with van der Waals surface area (Å²) in [6.45, 7) is 5.62. The number of amides is 3. The molecule has 0 aliphatic heterocycles. The van der Waals surface area contributed by atoms with Crippen molar-refractivity contribution < 1.29 is 29.4 Å². The summed E-state index contributed by atoms with van der Waals surface area (Å²) in [5.74, 6) is -2.99. The molecule has 0 saturated carbocycles. The fourth-order valence-corrected chi connectivity index (χ4v) is 3.29. The van der Waals surface area contributed by atoms with E-state index in [1.807, 2.05) is 13.8 Å². The van der Waals surface area contributed by atoms with E-state index in [4.69, 9.17) is 11.5 Å². The molecule has 11 heteroatoms. The van der Waals surface area contributed by atoms with Crippen LogP contribution in [-0.2, 0) is 25.6 Å². The lowest BCUT2D eigenvalue weighted by molar-refractivity contribution is -0.142. The van der Waals surface area contributed by atoms with Crippen LogP contribution in [0.3, 0.4) is 0 Å². The number of phenols is 1. The van der Waals surface area contributed by atoms with Crippen LogP contribution in [0.2, 0.25) is 0 Å². The molecule has 11 nitrogen and oxygen atoms in total. The number of hydrogen-bond donors (Lipinski definition) is 7. The Bertz CT molecular complexity index is 847. The van der Waals surface area contributed by atoms with Crippen molar-refractivity contribution in [2.45, 2.75) is 77.0 Å². The number of benzene rings is 1. The molecular weight excluding hydrogens is 454 g/mol. The maximum absolute atomic E-state index is 12.9. The molecule has 3 amide bonds. The Morgan fingerprint density at radius 3 is 2.06 bits per heavy atom. The van der Waals surface area contributed by atoms with E-state index in [0.717, 1.165) is 0 Å². The minimum absolute atomic E-state index is 0.00665. The third kappa shape index (κ3) is 10.3. The van der Waals surface area contributed by atoms with Gasteiger partial charge in [-0.1, -0.05) is 32.4 Å². The second kappa shape index (κ2) is 14.9. The molecule has 9 N–H and O–H groups in total. The molecule has 1 aromatic rings. The lowest BCUT2D eigenvalue weighted by Gasteiger charge is -2.25. The predicted molar refractivity (Wildman–Crippen MR) is 131 cm³/mol. The molecule has 1 rings (SSSR count). The number of phenolic OH excluding ortho intramolecular Hbond substituents is 1. The van der Waals surface area contributed by atoms with E-state index in [1.54, 1.807) is 12.1 Å². The van der Waals surface area contributed by atoms with E-state index in [2.05, 4.69) is 16.0 Å². The maximum atomic E-state index is 12.9.